The minimum absolute atomic E-state index is 0.0916. The molecule has 0 aromatic carbocycles. The smallest absolute Gasteiger partial charge is 0.0614 e. The van der Waals surface area contributed by atoms with E-state index in [1.807, 2.05) is 18.4 Å². The molecule has 14 heavy (non-hydrogen) atoms. The normalized spacial score (nSPS) is 14.7. The van der Waals surface area contributed by atoms with Gasteiger partial charge in [-0.3, -0.25) is 0 Å². The van der Waals surface area contributed by atoms with Crippen LogP contribution < -0.4 is 5.32 Å². The Hall–Kier alpha value is -0.380. The maximum atomic E-state index is 3.38. The highest BCUT2D eigenvalue weighted by molar-refractivity contribution is 7.10. The van der Waals surface area contributed by atoms with E-state index in [-0.39, 0.29) is 5.54 Å². The summed E-state index contributed by atoms with van der Waals surface area (Å²) in [5, 5.41) is 5.51. The van der Waals surface area contributed by atoms with Crippen molar-refractivity contribution < 1.29 is 0 Å². The molecule has 0 radical (unpaired) electrons. The van der Waals surface area contributed by atoms with Gasteiger partial charge in [0.2, 0.25) is 0 Å². The van der Waals surface area contributed by atoms with Gasteiger partial charge in [0, 0.05) is 10.4 Å². The maximum absolute atomic E-state index is 3.38. The number of nitrogens with one attached hydrogen (secondary N) is 1. The van der Waals surface area contributed by atoms with Gasteiger partial charge in [0.05, 0.1) is 6.04 Å². The standard InChI is InChI=1S/C11H20N2S/c1-11(2,12-3)10(13(4)5)9-7-6-8-14-9/h6-8,10,12H,1-5H3. The molecular weight excluding hydrogens is 192 g/mol. The molecule has 0 aliphatic heterocycles. The Labute approximate surface area is 90.9 Å². The molecule has 0 spiro atoms. The van der Waals surface area contributed by atoms with Crippen molar-refractivity contribution in [3.63, 3.8) is 0 Å². The Morgan fingerprint density at radius 1 is 1.43 bits per heavy atom. The highest BCUT2D eigenvalue weighted by Crippen LogP contribution is 2.32. The minimum Gasteiger partial charge on any atom is -0.313 e. The predicted octanol–water partition coefficient (Wildman–Crippen LogP) is 2.35. The number of thiophene rings is 1. The van der Waals surface area contributed by atoms with E-state index in [9.17, 15) is 0 Å². The molecule has 80 valence electrons. The van der Waals surface area contributed by atoms with Crippen LogP contribution in [0.4, 0.5) is 0 Å². The SMILES string of the molecule is CNC(C)(C)C(c1cccs1)N(C)C. The summed E-state index contributed by atoms with van der Waals surface area (Å²) >= 11 is 1.82. The summed E-state index contributed by atoms with van der Waals surface area (Å²) in [5.74, 6) is 0. The van der Waals surface area contributed by atoms with E-state index in [0.717, 1.165) is 0 Å². The molecule has 1 atom stereocenters. The average Bonchev–Trinajstić information content (AvgIpc) is 2.56. The fourth-order valence-corrected chi connectivity index (χ4v) is 2.94. The van der Waals surface area contributed by atoms with Crippen molar-refractivity contribution >= 4 is 11.3 Å². The summed E-state index contributed by atoms with van der Waals surface area (Å²) in [7, 11) is 6.27. The second-order valence-electron chi connectivity index (χ2n) is 4.35. The van der Waals surface area contributed by atoms with E-state index in [2.05, 4.69) is 55.7 Å². The third-order valence-electron chi connectivity index (χ3n) is 2.66. The Morgan fingerprint density at radius 2 is 2.07 bits per heavy atom. The van der Waals surface area contributed by atoms with Crippen LogP contribution in [-0.4, -0.2) is 31.6 Å². The van der Waals surface area contributed by atoms with Gasteiger partial charge in [0.25, 0.3) is 0 Å². The fourth-order valence-electron chi connectivity index (χ4n) is 1.84. The zero-order chi connectivity index (χ0) is 10.8. The summed E-state index contributed by atoms with van der Waals surface area (Å²) in [4.78, 5) is 3.68. The van der Waals surface area contributed by atoms with Gasteiger partial charge in [-0.1, -0.05) is 6.07 Å². The molecule has 0 aliphatic carbocycles. The Morgan fingerprint density at radius 3 is 2.43 bits per heavy atom. The fraction of sp³-hybridized carbons (Fsp3) is 0.636. The monoisotopic (exact) mass is 212 g/mol. The largest absolute Gasteiger partial charge is 0.313 e. The van der Waals surface area contributed by atoms with Crippen LogP contribution in [0.1, 0.15) is 24.8 Å². The lowest BCUT2D eigenvalue weighted by molar-refractivity contribution is 0.181. The van der Waals surface area contributed by atoms with Gasteiger partial charge in [-0.05, 0) is 46.4 Å². The maximum Gasteiger partial charge on any atom is 0.0614 e. The average molecular weight is 212 g/mol. The molecule has 0 saturated carbocycles. The first-order valence-electron chi connectivity index (χ1n) is 4.88. The number of rotatable bonds is 4. The van der Waals surface area contributed by atoms with Crippen LogP contribution >= 0.6 is 11.3 Å². The third-order valence-corrected chi connectivity index (χ3v) is 3.58. The van der Waals surface area contributed by atoms with Gasteiger partial charge in [0.1, 0.15) is 0 Å². The summed E-state index contributed by atoms with van der Waals surface area (Å²) in [6.07, 6.45) is 0. The van der Waals surface area contributed by atoms with Crippen LogP contribution in [0, 0.1) is 0 Å². The molecule has 1 unspecified atom stereocenters. The van der Waals surface area contributed by atoms with E-state index in [0.29, 0.717) is 6.04 Å². The molecule has 0 saturated heterocycles. The molecule has 0 aliphatic rings. The second kappa shape index (κ2) is 4.43. The van der Waals surface area contributed by atoms with E-state index >= 15 is 0 Å². The van der Waals surface area contributed by atoms with Crippen LogP contribution in [0.2, 0.25) is 0 Å². The third kappa shape index (κ3) is 2.35. The lowest BCUT2D eigenvalue weighted by atomic mass is 9.92. The van der Waals surface area contributed by atoms with Crippen LogP contribution in [0.15, 0.2) is 17.5 Å². The van der Waals surface area contributed by atoms with Gasteiger partial charge in [0.15, 0.2) is 0 Å². The van der Waals surface area contributed by atoms with Crippen molar-refractivity contribution in [1.82, 2.24) is 10.2 Å². The highest BCUT2D eigenvalue weighted by atomic mass is 32.1. The van der Waals surface area contributed by atoms with Gasteiger partial charge >= 0.3 is 0 Å². The quantitative estimate of drug-likeness (QED) is 0.824. The van der Waals surface area contributed by atoms with E-state index in [4.69, 9.17) is 0 Å². The summed E-state index contributed by atoms with van der Waals surface area (Å²) < 4.78 is 0. The number of nitrogens with zero attached hydrogens (tertiary/aromatic N) is 1. The van der Waals surface area contributed by atoms with E-state index in [1.54, 1.807) is 0 Å². The molecule has 0 bridgehead atoms. The molecule has 1 rings (SSSR count). The molecule has 1 N–H and O–H groups in total. The van der Waals surface area contributed by atoms with Gasteiger partial charge in [-0.25, -0.2) is 0 Å². The molecule has 1 aromatic heterocycles. The zero-order valence-corrected chi connectivity index (χ0v) is 10.5. The Balaban J connectivity index is 2.97. The number of hydrogen-bond acceptors (Lipinski definition) is 3. The second-order valence-corrected chi connectivity index (χ2v) is 5.33. The van der Waals surface area contributed by atoms with Gasteiger partial charge in [-0.2, -0.15) is 0 Å². The molecule has 1 heterocycles. The summed E-state index contributed by atoms with van der Waals surface area (Å²) in [6.45, 7) is 4.47. The van der Waals surface area contributed by atoms with Crippen molar-refractivity contribution in [2.45, 2.75) is 25.4 Å². The minimum atomic E-state index is 0.0916. The molecule has 3 heteroatoms. The van der Waals surface area contributed by atoms with Crippen molar-refractivity contribution in [1.29, 1.82) is 0 Å². The Bertz CT molecular complexity index is 265. The van der Waals surface area contributed by atoms with Crippen LogP contribution in [0.25, 0.3) is 0 Å². The highest BCUT2D eigenvalue weighted by Gasteiger charge is 2.31. The topological polar surface area (TPSA) is 15.3 Å². The van der Waals surface area contributed by atoms with Crippen molar-refractivity contribution in [3.8, 4) is 0 Å². The van der Waals surface area contributed by atoms with Crippen molar-refractivity contribution in [3.05, 3.63) is 22.4 Å². The van der Waals surface area contributed by atoms with Crippen molar-refractivity contribution in [2.75, 3.05) is 21.1 Å². The van der Waals surface area contributed by atoms with Crippen molar-refractivity contribution in [2.24, 2.45) is 0 Å². The van der Waals surface area contributed by atoms with Crippen LogP contribution in [0.3, 0.4) is 0 Å². The first kappa shape index (κ1) is 11.7. The first-order valence-corrected chi connectivity index (χ1v) is 5.75. The lowest BCUT2D eigenvalue weighted by Crippen LogP contribution is -2.47. The van der Waals surface area contributed by atoms with Gasteiger partial charge in [-0.15, -0.1) is 11.3 Å². The number of likely N-dealkylation sites (N-methyl/N-ethyl adjacent to an activating group) is 2. The Kier molecular flexibility index (Phi) is 3.70. The summed E-state index contributed by atoms with van der Waals surface area (Å²) in [6, 6.07) is 4.74. The molecule has 2 nitrogen and oxygen atoms in total. The van der Waals surface area contributed by atoms with Gasteiger partial charge < -0.3 is 10.2 Å². The molecule has 0 fully saturated rings. The van der Waals surface area contributed by atoms with Crippen LogP contribution in [-0.2, 0) is 0 Å². The van der Waals surface area contributed by atoms with E-state index in [1.165, 1.54) is 4.88 Å². The number of hydrogen-bond donors (Lipinski definition) is 1. The zero-order valence-electron chi connectivity index (χ0n) is 9.66. The lowest BCUT2D eigenvalue weighted by Gasteiger charge is -2.38. The molecular formula is C11H20N2S. The molecule has 0 amide bonds. The predicted molar refractivity (Wildman–Crippen MR) is 63.9 cm³/mol. The first-order chi connectivity index (χ1) is 6.49. The molecule has 1 aromatic rings. The van der Waals surface area contributed by atoms with E-state index < -0.39 is 0 Å². The van der Waals surface area contributed by atoms with Crippen LogP contribution in [0.5, 0.6) is 0 Å². The summed E-state index contributed by atoms with van der Waals surface area (Å²) in [5.41, 5.74) is 0.0916.